The van der Waals surface area contributed by atoms with Crippen LogP contribution < -0.4 is 5.32 Å². The van der Waals surface area contributed by atoms with Crippen molar-refractivity contribution in [2.45, 2.75) is 45.7 Å². The smallest absolute Gasteiger partial charge is 0.0551 e. The molecule has 1 aliphatic carbocycles. The van der Waals surface area contributed by atoms with Gasteiger partial charge in [-0.2, -0.15) is 0 Å². The molecule has 0 aromatic heterocycles. The first-order chi connectivity index (χ1) is 8.56. The highest BCUT2D eigenvalue weighted by molar-refractivity contribution is 9.10. The molecule has 1 fully saturated rings. The van der Waals surface area contributed by atoms with Gasteiger partial charge in [-0.15, -0.1) is 0 Å². The zero-order valence-corrected chi connectivity index (χ0v) is 13.4. The van der Waals surface area contributed by atoms with Gasteiger partial charge in [0.05, 0.1) is 5.02 Å². The van der Waals surface area contributed by atoms with Gasteiger partial charge in [-0.05, 0) is 64.7 Å². The molecule has 1 saturated carbocycles. The predicted molar refractivity (Wildman–Crippen MR) is 82.0 cm³/mol. The van der Waals surface area contributed by atoms with Crippen molar-refractivity contribution in [1.82, 2.24) is 5.32 Å². The number of benzene rings is 1. The molecule has 18 heavy (non-hydrogen) atoms. The molecule has 1 aliphatic rings. The molecule has 0 amide bonds. The lowest BCUT2D eigenvalue weighted by Crippen LogP contribution is -2.35. The largest absolute Gasteiger partial charge is 0.310 e. The van der Waals surface area contributed by atoms with Gasteiger partial charge in [0.1, 0.15) is 0 Å². The van der Waals surface area contributed by atoms with Crippen molar-refractivity contribution < 1.29 is 0 Å². The third kappa shape index (κ3) is 3.72. The molecule has 0 heterocycles. The van der Waals surface area contributed by atoms with Crippen LogP contribution in [0.5, 0.6) is 0 Å². The van der Waals surface area contributed by atoms with Crippen LogP contribution in [-0.4, -0.2) is 6.04 Å². The third-order valence-electron chi connectivity index (χ3n) is 4.18. The summed E-state index contributed by atoms with van der Waals surface area (Å²) in [6.07, 6.45) is 3.95. The van der Waals surface area contributed by atoms with Crippen LogP contribution in [0.1, 0.15) is 38.7 Å². The Morgan fingerprint density at radius 2 is 2.06 bits per heavy atom. The zero-order chi connectivity index (χ0) is 13.1. The highest BCUT2D eigenvalue weighted by atomic mass is 79.9. The molecule has 3 atom stereocenters. The summed E-state index contributed by atoms with van der Waals surface area (Å²) in [6, 6.07) is 6.84. The van der Waals surface area contributed by atoms with Crippen molar-refractivity contribution >= 4 is 27.5 Å². The van der Waals surface area contributed by atoms with Crippen molar-refractivity contribution in [2.24, 2.45) is 11.8 Å². The van der Waals surface area contributed by atoms with Gasteiger partial charge in [0, 0.05) is 17.1 Å². The van der Waals surface area contributed by atoms with Crippen molar-refractivity contribution in [2.75, 3.05) is 0 Å². The molecule has 1 N–H and O–H groups in total. The summed E-state index contributed by atoms with van der Waals surface area (Å²) in [4.78, 5) is 0. The topological polar surface area (TPSA) is 12.0 Å². The van der Waals surface area contributed by atoms with Crippen LogP contribution in [-0.2, 0) is 6.54 Å². The maximum atomic E-state index is 6.10. The standard InChI is InChI=1S/C15H21BrClN/c1-10-3-5-13(7-11(10)2)18-9-12-4-6-14(16)15(17)8-12/h4,6,8,10-11,13,18H,3,5,7,9H2,1-2H3. The summed E-state index contributed by atoms with van der Waals surface area (Å²) in [6.45, 7) is 5.66. The van der Waals surface area contributed by atoms with Crippen molar-refractivity contribution in [3.63, 3.8) is 0 Å². The van der Waals surface area contributed by atoms with Gasteiger partial charge in [0.25, 0.3) is 0 Å². The van der Waals surface area contributed by atoms with E-state index in [1.54, 1.807) is 0 Å². The Morgan fingerprint density at radius 1 is 1.28 bits per heavy atom. The lowest BCUT2D eigenvalue weighted by molar-refractivity contribution is 0.225. The van der Waals surface area contributed by atoms with E-state index in [9.17, 15) is 0 Å². The molecule has 2 rings (SSSR count). The van der Waals surface area contributed by atoms with Gasteiger partial charge in [-0.25, -0.2) is 0 Å². The molecule has 100 valence electrons. The minimum atomic E-state index is 0.665. The Balaban J connectivity index is 1.86. The number of nitrogens with one attached hydrogen (secondary N) is 1. The molecule has 0 spiro atoms. The molecule has 1 nitrogen and oxygen atoms in total. The summed E-state index contributed by atoms with van der Waals surface area (Å²) in [5.74, 6) is 1.72. The molecule has 0 saturated heterocycles. The van der Waals surface area contributed by atoms with Crippen LogP contribution in [0.2, 0.25) is 5.02 Å². The Bertz CT molecular complexity index is 407. The Morgan fingerprint density at radius 3 is 2.72 bits per heavy atom. The second-order valence-corrected chi connectivity index (χ2v) is 6.86. The predicted octanol–water partition coefficient (Wildman–Crippen LogP) is 5.02. The van der Waals surface area contributed by atoms with E-state index >= 15 is 0 Å². The molecular formula is C15H21BrClN. The summed E-state index contributed by atoms with van der Waals surface area (Å²) < 4.78 is 0.966. The quantitative estimate of drug-likeness (QED) is 0.821. The fourth-order valence-electron chi connectivity index (χ4n) is 2.64. The number of hydrogen-bond donors (Lipinski definition) is 1. The number of hydrogen-bond acceptors (Lipinski definition) is 1. The fraction of sp³-hybridized carbons (Fsp3) is 0.600. The normalized spacial score (nSPS) is 28.3. The molecular weight excluding hydrogens is 310 g/mol. The minimum Gasteiger partial charge on any atom is -0.310 e. The SMILES string of the molecule is CC1CCC(NCc2ccc(Br)c(Cl)c2)CC1C. The van der Waals surface area contributed by atoms with Crippen molar-refractivity contribution in [3.8, 4) is 0 Å². The van der Waals surface area contributed by atoms with Gasteiger partial charge >= 0.3 is 0 Å². The molecule has 0 bridgehead atoms. The third-order valence-corrected chi connectivity index (χ3v) is 5.41. The van der Waals surface area contributed by atoms with Crippen LogP contribution >= 0.6 is 27.5 Å². The summed E-state index contributed by atoms with van der Waals surface area (Å²) in [5.41, 5.74) is 1.26. The Labute approximate surface area is 123 Å². The van der Waals surface area contributed by atoms with E-state index in [2.05, 4.69) is 41.2 Å². The minimum absolute atomic E-state index is 0.665. The Hall–Kier alpha value is -0.0500. The first-order valence-corrected chi connectivity index (χ1v) is 7.90. The first kappa shape index (κ1) is 14.4. The average molecular weight is 331 g/mol. The maximum absolute atomic E-state index is 6.10. The molecule has 3 heteroatoms. The highest BCUT2D eigenvalue weighted by Gasteiger charge is 2.23. The summed E-state index contributed by atoms with van der Waals surface area (Å²) in [5, 5.41) is 4.45. The van der Waals surface area contributed by atoms with Gasteiger partial charge in [-0.1, -0.05) is 31.5 Å². The molecule has 0 aliphatic heterocycles. The van der Waals surface area contributed by atoms with E-state index in [1.807, 2.05) is 12.1 Å². The summed E-state index contributed by atoms with van der Waals surface area (Å²) >= 11 is 9.52. The van der Waals surface area contributed by atoms with E-state index in [0.717, 1.165) is 27.9 Å². The zero-order valence-electron chi connectivity index (χ0n) is 11.0. The summed E-state index contributed by atoms with van der Waals surface area (Å²) in [7, 11) is 0. The fourth-order valence-corrected chi connectivity index (χ4v) is 3.09. The van der Waals surface area contributed by atoms with Crippen molar-refractivity contribution in [3.05, 3.63) is 33.3 Å². The average Bonchev–Trinajstić information content (AvgIpc) is 2.35. The van der Waals surface area contributed by atoms with Gasteiger partial charge < -0.3 is 5.32 Å². The van der Waals surface area contributed by atoms with Crippen LogP contribution in [0.3, 0.4) is 0 Å². The Kier molecular flexibility index (Phi) is 5.11. The van der Waals surface area contributed by atoms with Crippen LogP contribution in [0.15, 0.2) is 22.7 Å². The van der Waals surface area contributed by atoms with Gasteiger partial charge in [-0.3, -0.25) is 0 Å². The van der Waals surface area contributed by atoms with Crippen LogP contribution in [0.4, 0.5) is 0 Å². The lowest BCUT2D eigenvalue weighted by Gasteiger charge is -2.32. The first-order valence-electron chi connectivity index (χ1n) is 6.73. The van der Waals surface area contributed by atoms with Crippen LogP contribution in [0, 0.1) is 11.8 Å². The second-order valence-electron chi connectivity index (χ2n) is 5.59. The van der Waals surface area contributed by atoms with E-state index in [-0.39, 0.29) is 0 Å². The number of halogens is 2. The second kappa shape index (κ2) is 6.40. The highest BCUT2D eigenvalue weighted by Crippen LogP contribution is 2.29. The van der Waals surface area contributed by atoms with E-state index in [0.29, 0.717) is 6.04 Å². The van der Waals surface area contributed by atoms with Gasteiger partial charge in [0.15, 0.2) is 0 Å². The molecule has 1 aromatic carbocycles. The lowest BCUT2D eigenvalue weighted by atomic mass is 9.79. The maximum Gasteiger partial charge on any atom is 0.0551 e. The van der Waals surface area contributed by atoms with Gasteiger partial charge in [0.2, 0.25) is 0 Å². The van der Waals surface area contributed by atoms with E-state index in [4.69, 9.17) is 11.6 Å². The monoisotopic (exact) mass is 329 g/mol. The number of rotatable bonds is 3. The molecule has 0 radical (unpaired) electrons. The van der Waals surface area contributed by atoms with Crippen molar-refractivity contribution in [1.29, 1.82) is 0 Å². The van der Waals surface area contributed by atoms with E-state index in [1.165, 1.54) is 24.8 Å². The molecule has 3 unspecified atom stereocenters. The van der Waals surface area contributed by atoms with E-state index < -0.39 is 0 Å². The molecule has 1 aromatic rings. The van der Waals surface area contributed by atoms with Crippen LogP contribution in [0.25, 0.3) is 0 Å².